The van der Waals surface area contributed by atoms with E-state index in [9.17, 15) is 4.79 Å². The maximum absolute atomic E-state index is 12.5. The first-order valence-corrected chi connectivity index (χ1v) is 8.44. The van der Waals surface area contributed by atoms with E-state index >= 15 is 0 Å². The van der Waals surface area contributed by atoms with Gasteiger partial charge in [0.2, 0.25) is 5.91 Å². The average molecular weight is 332 g/mol. The van der Waals surface area contributed by atoms with Crippen molar-refractivity contribution in [3.63, 3.8) is 0 Å². The predicted octanol–water partition coefficient (Wildman–Crippen LogP) is 4.57. The van der Waals surface area contributed by atoms with E-state index in [1.807, 2.05) is 66.9 Å². The normalized spacial score (nSPS) is 12.6. The number of rotatable bonds is 4. The van der Waals surface area contributed by atoms with Crippen molar-refractivity contribution in [3.05, 3.63) is 72.1 Å². The van der Waals surface area contributed by atoms with E-state index in [0.29, 0.717) is 6.54 Å². The first kappa shape index (κ1) is 15.5. The van der Waals surface area contributed by atoms with Crippen molar-refractivity contribution in [3.8, 4) is 0 Å². The topological polar surface area (TPSA) is 47.2 Å². The molecule has 2 aromatic heterocycles. The molecular formula is C21H20N2O2. The van der Waals surface area contributed by atoms with Gasteiger partial charge in [-0.25, -0.2) is 0 Å². The lowest BCUT2D eigenvalue weighted by Gasteiger charge is -2.13. The Balaban J connectivity index is 1.52. The van der Waals surface area contributed by atoms with E-state index in [1.165, 1.54) is 0 Å². The molecule has 0 aliphatic heterocycles. The van der Waals surface area contributed by atoms with Gasteiger partial charge in [0.05, 0.1) is 6.04 Å². The van der Waals surface area contributed by atoms with Crippen LogP contribution < -0.4 is 5.32 Å². The van der Waals surface area contributed by atoms with Crippen LogP contribution in [0.25, 0.3) is 21.9 Å². The monoisotopic (exact) mass is 332 g/mol. The van der Waals surface area contributed by atoms with Crippen LogP contribution in [0.5, 0.6) is 0 Å². The molecule has 4 rings (SSSR count). The number of para-hydroxylation sites is 2. The molecule has 0 fully saturated rings. The Hall–Kier alpha value is -3.01. The van der Waals surface area contributed by atoms with E-state index in [0.717, 1.165) is 33.3 Å². The molecule has 25 heavy (non-hydrogen) atoms. The lowest BCUT2D eigenvalue weighted by molar-refractivity contribution is -0.122. The third-order valence-electron chi connectivity index (χ3n) is 4.57. The highest BCUT2D eigenvalue weighted by Gasteiger charge is 2.15. The van der Waals surface area contributed by atoms with Crippen molar-refractivity contribution in [2.75, 3.05) is 0 Å². The highest BCUT2D eigenvalue weighted by atomic mass is 16.3. The number of hydrogen-bond acceptors (Lipinski definition) is 2. The number of nitrogens with zero attached hydrogens (tertiary/aromatic N) is 1. The Morgan fingerprint density at radius 2 is 1.80 bits per heavy atom. The smallest absolute Gasteiger partial charge is 0.240 e. The largest absolute Gasteiger partial charge is 0.459 e. The van der Waals surface area contributed by atoms with Crippen molar-refractivity contribution < 1.29 is 9.21 Å². The summed E-state index contributed by atoms with van der Waals surface area (Å²) in [7, 11) is 0. The quantitative estimate of drug-likeness (QED) is 0.595. The van der Waals surface area contributed by atoms with Crippen LogP contribution in [0.2, 0.25) is 0 Å². The van der Waals surface area contributed by atoms with Crippen LogP contribution in [0.15, 0.2) is 65.1 Å². The molecule has 2 aromatic carbocycles. The Labute approximate surface area is 146 Å². The molecule has 1 N–H and O–H groups in total. The van der Waals surface area contributed by atoms with Crippen LogP contribution in [0.1, 0.15) is 24.4 Å². The number of carbonyl (C=O) groups is 1. The van der Waals surface area contributed by atoms with Crippen molar-refractivity contribution in [2.45, 2.75) is 26.4 Å². The third-order valence-corrected chi connectivity index (χ3v) is 4.57. The molecule has 0 radical (unpaired) electrons. The van der Waals surface area contributed by atoms with Gasteiger partial charge in [-0.3, -0.25) is 4.79 Å². The van der Waals surface area contributed by atoms with Crippen LogP contribution >= 0.6 is 0 Å². The fraction of sp³-hybridized carbons (Fsp3) is 0.190. The van der Waals surface area contributed by atoms with Crippen LogP contribution in [0.4, 0.5) is 0 Å². The number of fused-ring (bicyclic) bond motifs is 2. The summed E-state index contributed by atoms with van der Waals surface area (Å²) >= 11 is 0. The van der Waals surface area contributed by atoms with E-state index in [-0.39, 0.29) is 11.9 Å². The summed E-state index contributed by atoms with van der Waals surface area (Å²) in [5.41, 5.74) is 2.99. The molecule has 0 saturated carbocycles. The van der Waals surface area contributed by atoms with Gasteiger partial charge in [-0.2, -0.15) is 0 Å². The number of amides is 1. The molecule has 0 saturated heterocycles. The minimum atomic E-state index is -0.179. The van der Waals surface area contributed by atoms with E-state index in [4.69, 9.17) is 4.42 Å². The Morgan fingerprint density at radius 3 is 2.60 bits per heavy atom. The van der Waals surface area contributed by atoms with E-state index in [2.05, 4.69) is 17.4 Å². The Kier molecular flexibility index (Phi) is 3.80. The maximum atomic E-state index is 12.5. The number of furan rings is 1. The number of carbonyl (C=O) groups excluding carboxylic acids is 1. The molecule has 0 aliphatic rings. The minimum absolute atomic E-state index is 0.0302. The minimum Gasteiger partial charge on any atom is -0.459 e. The van der Waals surface area contributed by atoms with Gasteiger partial charge in [-0.1, -0.05) is 36.4 Å². The highest BCUT2D eigenvalue weighted by Crippen LogP contribution is 2.24. The summed E-state index contributed by atoms with van der Waals surface area (Å²) in [6.45, 7) is 4.26. The average Bonchev–Trinajstić information content (AvgIpc) is 3.16. The van der Waals surface area contributed by atoms with Gasteiger partial charge in [0.25, 0.3) is 0 Å². The van der Waals surface area contributed by atoms with Crippen LogP contribution in [0, 0.1) is 6.92 Å². The van der Waals surface area contributed by atoms with Crippen molar-refractivity contribution >= 4 is 27.8 Å². The Bertz CT molecular complexity index is 1030. The zero-order valence-electron chi connectivity index (χ0n) is 14.3. The molecule has 0 bridgehead atoms. The summed E-state index contributed by atoms with van der Waals surface area (Å²) in [6, 6.07) is 19.9. The molecular weight excluding hydrogens is 312 g/mol. The second-order valence-corrected chi connectivity index (χ2v) is 6.41. The molecule has 4 nitrogen and oxygen atoms in total. The van der Waals surface area contributed by atoms with Gasteiger partial charge in [0.15, 0.2) is 0 Å². The molecule has 1 unspecified atom stereocenters. The lowest BCUT2D eigenvalue weighted by atomic mass is 10.2. The number of aromatic nitrogens is 1. The number of nitrogens with one attached hydrogen (secondary N) is 1. The van der Waals surface area contributed by atoms with Crippen molar-refractivity contribution in [1.82, 2.24) is 9.88 Å². The van der Waals surface area contributed by atoms with E-state index in [1.54, 1.807) is 0 Å². The lowest BCUT2D eigenvalue weighted by Crippen LogP contribution is -2.30. The fourth-order valence-corrected chi connectivity index (χ4v) is 3.28. The van der Waals surface area contributed by atoms with Crippen molar-refractivity contribution in [2.24, 2.45) is 0 Å². The third kappa shape index (κ3) is 2.91. The van der Waals surface area contributed by atoms with Gasteiger partial charge < -0.3 is 14.3 Å². The first-order chi connectivity index (χ1) is 12.1. The van der Waals surface area contributed by atoms with Gasteiger partial charge in [0.1, 0.15) is 17.9 Å². The standard InChI is InChI=1S/C21H20N2O2/c1-14-11-16-7-3-5-9-18(16)23(14)13-21(24)22-15(2)20-12-17-8-4-6-10-19(17)25-20/h3-12,15H,13H2,1-2H3,(H,22,24). The molecule has 0 spiro atoms. The van der Waals surface area contributed by atoms with Gasteiger partial charge in [-0.15, -0.1) is 0 Å². The zero-order valence-corrected chi connectivity index (χ0v) is 14.3. The number of hydrogen-bond donors (Lipinski definition) is 1. The van der Waals surface area contributed by atoms with Crippen LogP contribution in [-0.2, 0) is 11.3 Å². The molecule has 1 amide bonds. The number of benzene rings is 2. The Morgan fingerprint density at radius 1 is 1.08 bits per heavy atom. The molecule has 0 aliphatic carbocycles. The molecule has 126 valence electrons. The number of aryl methyl sites for hydroxylation is 1. The summed E-state index contributed by atoms with van der Waals surface area (Å²) in [5, 5.41) is 5.23. The van der Waals surface area contributed by atoms with Gasteiger partial charge in [0, 0.05) is 16.6 Å². The fourth-order valence-electron chi connectivity index (χ4n) is 3.28. The molecule has 4 aromatic rings. The molecule has 2 heterocycles. The van der Waals surface area contributed by atoms with E-state index < -0.39 is 0 Å². The van der Waals surface area contributed by atoms with Crippen molar-refractivity contribution in [1.29, 1.82) is 0 Å². The molecule has 1 atom stereocenters. The summed E-state index contributed by atoms with van der Waals surface area (Å²) < 4.78 is 7.88. The predicted molar refractivity (Wildman–Crippen MR) is 99.4 cm³/mol. The second-order valence-electron chi connectivity index (χ2n) is 6.41. The highest BCUT2D eigenvalue weighted by molar-refractivity contribution is 5.84. The zero-order chi connectivity index (χ0) is 17.4. The SMILES string of the molecule is Cc1cc2ccccc2n1CC(=O)NC(C)c1cc2ccccc2o1. The molecule has 4 heteroatoms. The van der Waals surface area contributed by atoms with Gasteiger partial charge >= 0.3 is 0 Å². The van der Waals surface area contributed by atoms with Gasteiger partial charge in [-0.05, 0) is 43.5 Å². The first-order valence-electron chi connectivity index (χ1n) is 8.44. The van der Waals surface area contributed by atoms with Crippen LogP contribution in [-0.4, -0.2) is 10.5 Å². The summed E-state index contributed by atoms with van der Waals surface area (Å²) in [6.07, 6.45) is 0. The maximum Gasteiger partial charge on any atom is 0.240 e. The second kappa shape index (κ2) is 6.13. The van der Waals surface area contributed by atoms with Crippen LogP contribution in [0.3, 0.4) is 0 Å². The summed E-state index contributed by atoms with van der Waals surface area (Å²) in [4.78, 5) is 12.5. The summed E-state index contributed by atoms with van der Waals surface area (Å²) in [5.74, 6) is 0.737.